The Morgan fingerprint density at radius 2 is 1.76 bits per heavy atom. The predicted molar refractivity (Wildman–Crippen MR) is 170 cm³/mol. The van der Waals surface area contributed by atoms with Crippen LogP contribution in [0.25, 0.3) is 10.2 Å². The average molecular weight is 590 g/mol. The first-order valence-corrected chi connectivity index (χ1v) is 15.8. The molecule has 2 atom stereocenters. The molecular formula is C33H43N5O3S. The standard InChI is InChI=1S/C33H43N5O3S/c1-23(2)26-14-15-28-30(20-26)42-32(37-28)21-29(35-24(3)39)33(41)36-27(19-25-11-6-4-7-12-25)22-34-31(40)13-10-18-38-16-8-5-9-17-38/h4,6-7,10-15,20,23,27,29H,5,8-9,16-19,21-22H2,1-3H3,(H,34,40)(H,35,39)(H,36,41)/b13-10+/t27-,29-/m0/s1. The Labute approximate surface area is 253 Å². The van der Waals surface area contributed by atoms with Crippen LogP contribution in [0.2, 0.25) is 0 Å². The van der Waals surface area contributed by atoms with Gasteiger partial charge in [0.15, 0.2) is 0 Å². The number of carbonyl (C=O) groups is 3. The molecule has 0 bridgehead atoms. The molecule has 9 heteroatoms. The van der Waals surface area contributed by atoms with Crippen LogP contribution in [-0.4, -0.2) is 65.9 Å². The third-order valence-electron chi connectivity index (χ3n) is 7.47. The third-order valence-corrected chi connectivity index (χ3v) is 8.51. The highest BCUT2D eigenvalue weighted by Crippen LogP contribution is 2.27. The Morgan fingerprint density at radius 1 is 1.00 bits per heavy atom. The van der Waals surface area contributed by atoms with Gasteiger partial charge in [0, 0.05) is 32.5 Å². The first kappa shape index (κ1) is 31.4. The highest BCUT2D eigenvalue weighted by Gasteiger charge is 2.25. The van der Waals surface area contributed by atoms with E-state index < -0.39 is 6.04 Å². The lowest BCUT2D eigenvalue weighted by molar-refractivity contribution is -0.128. The van der Waals surface area contributed by atoms with E-state index in [1.165, 1.54) is 31.7 Å². The highest BCUT2D eigenvalue weighted by atomic mass is 32.1. The van der Waals surface area contributed by atoms with E-state index in [1.54, 1.807) is 17.4 Å². The van der Waals surface area contributed by atoms with E-state index in [4.69, 9.17) is 4.98 Å². The number of amides is 3. The van der Waals surface area contributed by atoms with Crippen molar-refractivity contribution in [3.8, 4) is 0 Å². The Bertz CT molecular complexity index is 1360. The van der Waals surface area contributed by atoms with E-state index in [0.717, 1.165) is 40.4 Å². The number of rotatable bonds is 13. The summed E-state index contributed by atoms with van der Waals surface area (Å²) in [6.07, 6.45) is 7.99. The van der Waals surface area contributed by atoms with Crippen molar-refractivity contribution in [2.45, 2.75) is 70.9 Å². The summed E-state index contributed by atoms with van der Waals surface area (Å²) in [5.41, 5.74) is 3.17. The first-order chi connectivity index (χ1) is 20.3. The Balaban J connectivity index is 1.41. The lowest BCUT2D eigenvalue weighted by atomic mass is 10.0. The molecule has 0 spiro atoms. The smallest absolute Gasteiger partial charge is 0.243 e. The number of hydrogen-bond acceptors (Lipinski definition) is 6. The summed E-state index contributed by atoms with van der Waals surface area (Å²) in [5.74, 6) is -0.369. The second kappa shape index (κ2) is 15.6. The molecule has 3 aromatic rings. The van der Waals surface area contributed by atoms with Gasteiger partial charge in [0.1, 0.15) is 6.04 Å². The van der Waals surface area contributed by atoms with E-state index >= 15 is 0 Å². The Kier molecular flexibility index (Phi) is 11.7. The number of hydrogen-bond donors (Lipinski definition) is 3. The van der Waals surface area contributed by atoms with Crippen molar-refractivity contribution >= 4 is 39.3 Å². The maximum absolute atomic E-state index is 13.6. The number of likely N-dealkylation sites (tertiary alicyclic amines) is 1. The van der Waals surface area contributed by atoms with Gasteiger partial charge in [-0.3, -0.25) is 19.3 Å². The number of piperidine rings is 1. The molecule has 1 aromatic heterocycles. The van der Waals surface area contributed by atoms with E-state index in [0.29, 0.717) is 12.3 Å². The van der Waals surface area contributed by atoms with Gasteiger partial charge in [-0.1, -0.05) is 62.7 Å². The van der Waals surface area contributed by atoms with Crippen LogP contribution in [0.5, 0.6) is 0 Å². The van der Waals surface area contributed by atoms with E-state index in [2.05, 4.69) is 46.8 Å². The van der Waals surface area contributed by atoms with Crippen LogP contribution >= 0.6 is 11.3 Å². The second-order valence-corrected chi connectivity index (χ2v) is 12.5. The summed E-state index contributed by atoms with van der Waals surface area (Å²) in [6.45, 7) is 8.89. The van der Waals surface area contributed by atoms with Crippen molar-refractivity contribution in [3.05, 3.63) is 76.8 Å². The Hall–Kier alpha value is -3.56. The van der Waals surface area contributed by atoms with Gasteiger partial charge in [0.05, 0.1) is 21.3 Å². The van der Waals surface area contributed by atoms with E-state index in [1.807, 2.05) is 42.5 Å². The number of nitrogens with zero attached hydrogens (tertiary/aromatic N) is 2. The largest absolute Gasteiger partial charge is 0.350 e. The van der Waals surface area contributed by atoms with Gasteiger partial charge >= 0.3 is 0 Å². The molecule has 8 nitrogen and oxygen atoms in total. The monoisotopic (exact) mass is 589 g/mol. The summed E-state index contributed by atoms with van der Waals surface area (Å²) in [7, 11) is 0. The molecular weight excluding hydrogens is 546 g/mol. The lowest BCUT2D eigenvalue weighted by Crippen LogP contribution is -2.53. The Morgan fingerprint density at radius 3 is 2.48 bits per heavy atom. The summed E-state index contributed by atoms with van der Waals surface area (Å²) in [5, 5.41) is 9.63. The molecule has 3 N–H and O–H groups in total. The highest BCUT2D eigenvalue weighted by molar-refractivity contribution is 7.18. The van der Waals surface area contributed by atoms with Gasteiger partial charge in [-0.25, -0.2) is 4.98 Å². The maximum Gasteiger partial charge on any atom is 0.243 e. The summed E-state index contributed by atoms with van der Waals surface area (Å²) in [6, 6.07) is 14.9. The van der Waals surface area contributed by atoms with Crippen molar-refractivity contribution in [3.63, 3.8) is 0 Å². The fourth-order valence-corrected chi connectivity index (χ4v) is 6.23. The predicted octanol–water partition coefficient (Wildman–Crippen LogP) is 4.35. The second-order valence-electron chi connectivity index (χ2n) is 11.4. The molecule has 2 aromatic carbocycles. The number of thiazole rings is 1. The molecule has 3 amide bonds. The molecule has 1 saturated heterocycles. The van der Waals surface area contributed by atoms with Crippen molar-refractivity contribution in [2.24, 2.45) is 0 Å². The van der Waals surface area contributed by atoms with E-state index in [-0.39, 0.29) is 36.7 Å². The van der Waals surface area contributed by atoms with Crippen molar-refractivity contribution in [2.75, 3.05) is 26.2 Å². The number of nitrogens with one attached hydrogen (secondary N) is 3. The van der Waals surface area contributed by atoms with Crippen LogP contribution in [-0.2, 0) is 27.2 Å². The molecule has 42 heavy (non-hydrogen) atoms. The summed E-state index contributed by atoms with van der Waals surface area (Å²) < 4.78 is 1.07. The molecule has 4 rings (SSSR count). The average Bonchev–Trinajstić information content (AvgIpc) is 3.38. The van der Waals surface area contributed by atoms with Crippen LogP contribution in [0.3, 0.4) is 0 Å². The van der Waals surface area contributed by atoms with E-state index in [9.17, 15) is 14.4 Å². The van der Waals surface area contributed by atoms with Gasteiger partial charge in [0.25, 0.3) is 0 Å². The molecule has 0 unspecified atom stereocenters. The fraction of sp³-hybridized carbons (Fsp3) is 0.455. The van der Waals surface area contributed by atoms with Gasteiger partial charge < -0.3 is 16.0 Å². The number of benzene rings is 2. The normalized spacial score (nSPS) is 15.5. The molecule has 0 aliphatic carbocycles. The minimum atomic E-state index is -0.786. The third kappa shape index (κ3) is 9.77. The minimum absolute atomic E-state index is 0.187. The van der Waals surface area contributed by atoms with Gasteiger partial charge in [0.2, 0.25) is 17.7 Å². The topological polar surface area (TPSA) is 103 Å². The van der Waals surface area contributed by atoms with Crippen LogP contribution in [0.4, 0.5) is 0 Å². The summed E-state index contributed by atoms with van der Waals surface area (Å²) >= 11 is 1.54. The SMILES string of the molecule is CC(=O)N[C@@H](Cc1nc2ccc(C(C)C)cc2s1)C(=O)N[C@H](CNC(=O)/C=C/CN1CCCCC1)Cc1ccccc1. The van der Waals surface area contributed by atoms with Crippen molar-refractivity contribution in [1.82, 2.24) is 25.8 Å². The zero-order valence-electron chi connectivity index (χ0n) is 24.9. The summed E-state index contributed by atoms with van der Waals surface area (Å²) in [4.78, 5) is 45.3. The minimum Gasteiger partial charge on any atom is -0.350 e. The number of carbonyl (C=O) groups excluding carboxylic acids is 3. The molecule has 224 valence electrons. The number of fused-ring (bicyclic) bond motifs is 1. The molecule has 2 heterocycles. The van der Waals surface area contributed by atoms with Crippen LogP contribution in [0.15, 0.2) is 60.7 Å². The number of aromatic nitrogens is 1. The van der Waals surface area contributed by atoms with Crippen molar-refractivity contribution in [1.29, 1.82) is 0 Å². The quantitative estimate of drug-likeness (QED) is 0.257. The molecule has 1 aliphatic heterocycles. The van der Waals surface area contributed by atoms with Gasteiger partial charge in [-0.15, -0.1) is 11.3 Å². The zero-order valence-corrected chi connectivity index (χ0v) is 25.7. The molecule has 0 saturated carbocycles. The van der Waals surface area contributed by atoms with Crippen LogP contribution in [0.1, 0.15) is 62.1 Å². The fourth-order valence-electron chi connectivity index (χ4n) is 5.17. The van der Waals surface area contributed by atoms with Gasteiger partial charge in [-0.05, 0) is 61.5 Å². The van der Waals surface area contributed by atoms with Crippen LogP contribution in [0, 0.1) is 0 Å². The molecule has 1 fully saturated rings. The van der Waals surface area contributed by atoms with Crippen LogP contribution < -0.4 is 16.0 Å². The lowest BCUT2D eigenvalue weighted by Gasteiger charge is -2.24. The van der Waals surface area contributed by atoms with Gasteiger partial charge in [-0.2, -0.15) is 0 Å². The zero-order chi connectivity index (χ0) is 29.9. The first-order valence-electron chi connectivity index (χ1n) is 14.9. The molecule has 1 aliphatic rings. The van der Waals surface area contributed by atoms with Crippen molar-refractivity contribution < 1.29 is 14.4 Å². The molecule has 0 radical (unpaired) electrons. The maximum atomic E-state index is 13.6.